The zero-order valence-electron chi connectivity index (χ0n) is 10.2. The molecule has 0 bridgehead atoms. The van der Waals surface area contributed by atoms with Crippen molar-refractivity contribution in [3.8, 4) is 0 Å². The van der Waals surface area contributed by atoms with Gasteiger partial charge in [0.25, 0.3) is 6.47 Å². The van der Waals surface area contributed by atoms with E-state index < -0.39 is 0 Å². The molecule has 0 spiro atoms. The number of nitrogens with two attached hydrogens (primary N) is 1. The van der Waals surface area contributed by atoms with Gasteiger partial charge >= 0.3 is 0 Å². The molecular weight excluding hydrogens is 264 g/mol. The molecule has 0 aliphatic rings. The lowest BCUT2D eigenvalue weighted by Crippen LogP contribution is -2.08. The number of fused-ring (bicyclic) bond motifs is 1. The van der Waals surface area contributed by atoms with Crippen molar-refractivity contribution in [2.45, 2.75) is 0 Å². The van der Waals surface area contributed by atoms with Crippen LogP contribution in [0.15, 0.2) is 43.0 Å². The van der Waals surface area contributed by atoms with E-state index in [0.717, 1.165) is 5.65 Å². The molecule has 104 valence electrons. The van der Waals surface area contributed by atoms with E-state index in [0.29, 0.717) is 5.82 Å². The normalized spacial score (nSPS) is 8.65. The van der Waals surface area contributed by atoms with Crippen LogP contribution in [0.3, 0.4) is 0 Å². The Kier molecular flexibility index (Phi) is 6.62. The summed E-state index contributed by atoms with van der Waals surface area (Å²) in [5, 5.41) is 25.4. The van der Waals surface area contributed by atoms with Crippen LogP contribution in [0, 0.1) is 0 Å². The molecular formula is C10H12N8O2. The summed E-state index contributed by atoms with van der Waals surface area (Å²) >= 11 is 0. The summed E-state index contributed by atoms with van der Waals surface area (Å²) in [4.78, 5) is 8.36. The number of aromatic nitrogens is 6. The van der Waals surface area contributed by atoms with Gasteiger partial charge in [-0.2, -0.15) is 10.2 Å². The Bertz CT molecular complexity index is 584. The number of carboxylic acid groups (broad SMARTS) is 1. The van der Waals surface area contributed by atoms with Gasteiger partial charge < -0.3 is 10.5 Å². The number of hydrazine groups is 1. The second-order valence-electron chi connectivity index (χ2n) is 3.02. The van der Waals surface area contributed by atoms with E-state index in [1.807, 2.05) is 12.1 Å². The highest BCUT2D eigenvalue weighted by atomic mass is 16.3. The van der Waals surface area contributed by atoms with E-state index in [9.17, 15) is 0 Å². The molecule has 0 saturated heterocycles. The minimum Gasteiger partial charge on any atom is -0.483 e. The lowest BCUT2D eigenvalue weighted by atomic mass is 10.5. The fourth-order valence-corrected chi connectivity index (χ4v) is 1.06. The van der Waals surface area contributed by atoms with Crippen molar-refractivity contribution >= 4 is 17.9 Å². The summed E-state index contributed by atoms with van der Waals surface area (Å²) in [6.45, 7) is -0.250. The van der Waals surface area contributed by atoms with E-state index in [2.05, 4.69) is 30.9 Å². The quantitative estimate of drug-likeness (QED) is 0.306. The SMILES string of the molecule is NNc1cccnn1.O=CO.c1cnn2cnnc2c1. The lowest BCUT2D eigenvalue weighted by Gasteiger charge is -1.91. The molecule has 10 nitrogen and oxygen atoms in total. The molecule has 3 heterocycles. The first-order valence-corrected chi connectivity index (χ1v) is 5.25. The predicted octanol–water partition coefficient (Wildman–Crippen LogP) is -0.413. The highest BCUT2D eigenvalue weighted by Crippen LogP contribution is 1.92. The number of hydrogen-bond donors (Lipinski definition) is 3. The summed E-state index contributed by atoms with van der Waals surface area (Å²) in [5.41, 5.74) is 3.13. The van der Waals surface area contributed by atoms with E-state index in [1.54, 1.807) is 35.4 Å². The molecule has 10 heteroatoms. The van der Waals surface area contributed by atoms with Crippen LogP contribution < -0.4 is 11.3 Å². The van der Waals surface area contributed by atoms with Gasteiger partial charge in [0.15, 0.2) is 11.5 Å². The van der Waals surface area contributed by atoms with E-state index in [4.69, 9.17) is 15.7 Å². The Balaban J connectivity index is 0.000000169. The smallest absolute Gasteiger partial charge is 0.290 e. The third-order valence-corrected chi connectivity index (χ3v) is 1.80. The number of nitrogens with zero attached hydrogens (tertiary/aromatic N) is 6. The molecule has 0 radical (unpaired) electrons. The second kappa shape index (κ2) is 8.88. The molecule has 0 amide bonds. The van der Waals surface area contributed by atoms with Crippen LogP contribution in [0.5, 0.6) is 0 Å². The van der Waals surface area contributed by atoms with Gasteiger partial charge in [-0.05, 0) is 24.3 Å². The minimum absolute atomic E-state index is 0.250. The zero-order valence-corrected chi connectivity index (χ0v) is 10.2. The van der Waals surface area contributed by atoms with Crippen molar-refractivity contribution in [1.29, 1.82) is 0 Å². The molecule has 3 aromatic rings. The van der Waals surface area contributed by atoms with E-state index in [-0.39, 0.29) is 6.47 Å². The largest absolute Gasteiger partial charge is 0.483 e. The van der Waals surface area contributed by atoms with Crippen LogP contribution in [-0.2, 0) is 4.79 Å². The maximum atomic E-state index is 8.36. The average Bonchev–Trinajstić information content (AvgIpc) is 2.98. The van der Waals surface area contributed by atoms with Crippen LogP contribution >= 0.6 is 0 Å². The molecule has 20 heavy (non-hydrogen) atoms. The first-order chi connectivity index (χ1) is 9.81. The third kappa shape index (κ3) is 5.01. The standard InChI is InChI=1S/C5H4N4.C4H6N4.CH2O2/c1-2-5-8-6-4-9(5)7-3-1;5-7-4-2-1-3-6-8-4;2-1-3/h1-4H;1-3H,5H2,(H,7,8);1H,(H,2,3). The summed E-state index contributed by atoms with van der Waals surface area (Å²) in [7, 11) is 0. The first-order valence-electron chi connectivity index (χ1n) is 5.25. The Labute approximate surface area is 113 Å². The van der Waals surface area contributed by atoms with Crippen molar-refractivity contribution in [2.24, 2.45) is 5.84 Å². The van der Waals surface area contributed by atoms with Crippen molar-refractivity contribution in [1.82, 2.24) is 30.0 Å². The zero-order chi connectivity index (χ0) is 14.6. The highest BCUT2D eigenvalue weighted by Gasteiger charge is 1.88. The maximum absolute atomic E-state index is 8.36. The van der Waals surface area contributed by atoms with Crippen LogP contribution in [0.4, 0.5) is 5.82 Å². The predicted molar refractivity (Wildman–Crippen MR) is 69.3 cm³/mol. The molecule has 0 saturated carbocycles. The minimum atomic E-state index is -0.250. The van der Waals surface area contributed by atoms with Gasteiger partial charge in [-0.1, -0.05) is 0 Å². The number of hydrogen-bond acceptors (Lipinski definition) is 8. The van der Waals surface area contributed by atoms with Crippen molar-refractivity contribution < 1.29 is 9.90 Å². The summed E-state index contributed by atoms with van der Waals surface area (Å²) < 4.78 is 1.61. The number of rotatable bonds is 1. The summed E-state index contributed by atoms with van der Waals surface area (Å²) in [6, 6.07) is 7.15. The Morgan fingerprint density at radius 1 is 1.20 bits per heavy atom. The van der Waals surface area contributed by atoms with Gasteiger partial charge in [0.05, 0.1) is 0 Å². The van der Waals surface area contributed by atoms with Crippen LogP contribution in [-0.4, -0.2) is 41.6 Å². The van der Waals surface area contributed by atoms with Gasteiger partial charge in [0.1, 0.15) is 6.33 Å². The Morgan fingerprint density at radius 2 is 1.95 bits per heavy atom. The fraction of sp³-hybridized carbons (Fsp3) is 0. The molecule has 0 aliphatic heterocycles. The topological polar surface area (TPSA) is 144 Å². The molecule has 0 fully saturated rings. The number of anilines is 1. The number of carbonyl (C=O) groups is 1. The van der Waals surface area contributed by atoms with Crippen LogP contribution in [0.25, 0.3) is 5.65 Å². The number of nitrogens with one attached hydrogen (secondary N) is 1. The fourth-order valence-electron chi connectivity index (χ4n) is 1.06. The first kappa shape index (κ1) is 14.9. The van der Waals surface area contributed by atoms with E-state index in [1.165, 1.54) is 0 Å². The summed E-state index contributed by atoms with van der Waals surface area (Å²) in [6.07, 6.45) is 4.84. The summed E-state index contributed by atoms with van der Waals surface area (Å²) in [5.74, 6) is 5.57. The Morgan fingerprint density at radius 3 is 2.50 bits per heavy atom. The monoisotopic (exact) mass is 276 g/mol. The van der Waals surface area contributed by atoms with Crippen LogP contribution in [0.1, 0.15) is 0 Å². The van der Waals surface area contributed by atoms with Crippen molar-refractivity contribution in [3.05, 3.63) is 43.0 Å². The number of nitrogen functional groups attached to an aromatic ring is 1. The van der Waals surface area contributed by atoms with Gasteiger partial charge in [0.2, 0.25) is 0 Å². The second-order valence-corrected chi connectivity index (χ2v) is 3.02. The highest BCUT2D eigenvalue weighted by molar-refractivity contribution is 5.33. The van der Waals surface area contributed by atoms with Gasteiger partial charge in [0, 0.05) is 12.4 Å². The molecule has 3 rings (SSSR count). The maximum Gasteiger partial charge on any atom is 0.290 e. The van der Waals surface area contributed by atoms with Gasteiger partial charge in [-0.25, -0.2) is 10.4 Å². The molecule has 0 aromatic carbocycles. The van der Waals surface area contributed by atoms with Crippen molar-refractivity contribution in [2.75, 3.05) is 5.43 Å². The third-order valence-electron chi connectivity index (χ3n) is 1.80. The van der Waals surface area contributed by atoms with E-state index >= 15 is 0 Å². The van der Waals surface area contributed by atoms with Crippen molar-refractivity contribution in [3.63, 3.8) is 0 Å². The average molecular weight is 276 g/mol. The van der Waals surface area contributed by atoms with Gasteiger partial charge in [-0.15, -0.1) is 15.3 Å². The molecule has 0 atom stereocenters. The lowest BCUT2D eigenvalue weighted by molar-refractivity contribution is -0.122. The molecule has 3 aromatic heterocycles. The van der Waals surface area contributed by atoms with Crippen LogP contribution in [0.2, 0.25) is 0 Å². The van der Waals surface area contributed by atoms with Gasteiger partial charge in [-0.3, -0.25) is 4.79 Å². The molecule has 4 N–H and O–H groups in total. The molecule has 0 aliphatic carbocycles. The molecule has 0 unspecified atom stereocenters. The Hall–Kier alpha value is -3.14.